The van der Waals surface area contributed by atoms with Gasteiger partial charge in [0.2, 0.25) is 5.95 Å². The summed E-state index contributed by atoms with van der Waals surface area (Å²) < 4.78 is 0. The Bertz CT molecular complexity index is 1050. The number of aromatic nitrogens is 2. The van der Waals surface area contributed by atoms with Gasteiger partial charge in [-0.2, -0.15) is 4.98 Å². The van der Waals surface area contributed by atoms with Crippen LogP contribution in [0.5, 0.6) is 0 Å². The Morgan fingerprint density at radius 2 is 1.44 bits per heavy atom. The van der Waals surface area contributed by atoms with Crippen LogP contribution in [0.25, 0.3) is 10.9 Å². The number of para-hydroxylation sites is 1. The predicted octanol–water partition coefficient (Wildman–Crippen LogP) is 5.51. The molecule has 27 heavy (non-hydrogen) atoms. The van der Waals surface area contributed by atoms with Gasteiger partial charge in [-0.05, 0) is 35.4 Å². The van der Waals surface area contributed by atoms with E-state index in [1.165, 1.54) is 5.56 Å². The molecule has 0 spiro atoms. The summed E-state index contributed by atoms with van der Waals surface area (Å²) in [4.78, 5) is 9.32. The number of fused-ring (bicyclic) bond motifs is 1. The molecule has 2 N–H and O–H groups in total. The number of benzene rings is 3. The van der Waals surface area contributed by atoms with Crippen LogP contribution < -0.4 is 10.6 Å². The van der Waals surface area contributed by atoms with Gasteiger partial charge in [-0.25, -0.2) is 4.98 Å². The first kappa shape index (κ1) is 17.3. The third-order valence-corrected chi connectivity index (χ3v) is 4.48. The van der Waals surface area contributed by atoms with Gasteiger partial charge in [0.25, 0.3) is 0 Å². The van der Waals surface area contributed by atoms with E-state index in [0.29, 0.717) is 19.0 Å². The highest BCUT2D eigenvalue weighted by molar-refractivity contribution is 6.30. The number of nitrogens with one attached hydrogen (secondary N) is 2. The highest BCUT2D eigenvalue weighted by Crippen LogP contribution is 2.23. The van der Waals surface area contributed by atoms with Gasteiger partial charge in [-0.1, -0.05) is 66.2 Å². The molecule has 0 atom stereocenters. The van der Waals surface area contributed by atoms with Crippen LogP contribution >= 0.6 is 11.6 Å². The summed E-state index contributed by atoms with van der Waals surface area (Å²) >= 11 is 6.06. The Hall–Kier alpha value is -3.11. The number of halogens is 1. The molecule has 0 fully saturated rings. The number of nitrogens with zero attached hydrogens (tertiary/aromatic N) is 2. The van der Waals surface area contributed by atoms with E-state index in [4.69, 9.17) is 11.6 Å². The summed E-state index contributed by atoms with van der Waals surface area (Å²) in [5.41, 5.74) is 3.18. The lowest BCUT2D eigenvalue weighted by atomic mass is 10.2. The zero-order valence-corrected chi connectivity index (χ0v) is 15.4. The molecule has 0 aliphatic heterocycles. The molecule has 134 valence electrons. The molecular weight excluding hydrogens is 356 g/mol. The molecule has 0 radical (unpaired) electrons. The number of hydrogen-bond acceptors (Lipinski definition) is 4. The van der Waals surface area contributed by atoms with Crippen molar-refractivity contribution in [2.45, 2.75) is 13.1 Å². The Kier molecular flexibility index (Phi) is 5.17. The van der Waals surface area contributed by atoms with Crippen molar-refractivity contribution in [3.05, 3.63) is 95.0 Å². The van der Waals surface area contributed by atoms with E-state index >= 15 is 0 Å². The maximum absolute atomic E-state index is 6.06. The van der Waals surface area contributed by atoms with Crippen molar-refractivity contribution in [2.24, 2.45) is 0 Å². The van der Waals surface area contributed by atoms with Crippen LogP contribution in [0.1, 0.15) is 11.1 Å². The van der Waals surface area contributed by atoms with E-state index < -0.39 is 0 Å². The summed E-state index contributed by atoms with van der Waals surface area (Å²) in [6.07, 6.45) is 0. The molecule has 1 heterocycles. The highest BCUT2D eigenvalue weighted by Gasteiger charge is 2.07. The van der Waals surface area contributed by atoms with Gasteiger partial charge in [-0.3, -0.25) is 0 Å². The van der Waals surface area contributed by atoms with Crippen LogP contribution in [-0.2, 0) is 13.1 Å². The summed E-state index contributed by atoms with van der Waals surface area (Å²) in [7, 11) is 0. The van der Waals surface area contributed by atoms with Crippen molar-refractivity contribution in [1.82, 2.24) is 9.97 Å². The van der Waals surface area contributed by atoms with Gasteiger partial charge < -0.3 is 10.6 Å². The van der Waals surface area contributed by atoms with Crippen molar-refractivity contribution in [2.75, 3.05) is 10.6 Å². The smallest absolute Gasteiger partial charge is 0.225 e. The molecule has 0 aliphatic carbocycles. The van der Waals surface area contributed by atoms with Crippen molar-refractivity contribution in [3.63, 3.8) is 0 Å². The first-order chi connectivity index (χ1) is 13.3. The molecule has 4 aromatic rings. The second-order valence-corrected chi connectivity index (χ2v) is 6.67. The quantitative estimate of drug-likeness (QED) is 0.467. The molecule has 1 aromatic heterocycles. The van der Waals surface area contributed by atoms with Crippen LogP contribution in [-0.4, -0.2) is 9.97 Å². The average Bonchev–Trinajstić information content (AvgIpc) is 2.71. The van der Waals surface area contributed by atoms with Gasteiger partial charge in [0.05, 0.1) is 5.52 Å². The molecular formula is C22H19ClN4. The number of rotatable bonds is 6. The van der Waals surface area contributed by atoms with Gasteiger partial charge in [0, 0.05) is 23.5 Å². The lowest BCUT2D eigenvalue weighted by molar-refractivity contribution is 1.05. The first-order valence-electron chi connectivity index (χ1n) is 8.81. The molecule has 0 saturated heterocycles. The number of hydrogen-bond donors (Lipinski definition) is 2. The van der Waals surface area contributed by atoms with Crippen molar-refractivity contribution in [3.8, 4) is 0 Å². The normalized spacial score (nSPS) is 10.7. The van der Waals surface area contributed by atoms with E-state index in [0.717, 1.165) is 27.3 Å². The standard InChI is InChI=1S/C22H19ClN4/c23-18-10-6-9-17(13-18)15-25-22-26-20-12-5-4-11-19(20)21(27-22)24-14-16-7-2-1-3-8-16/h1-13H,14-15H2,(H2,24,25,26,27). The molecule has 5 heteroatoms. The SMILES string of the molecule is Clc1cccc(CNc2nc(NCc3ccccc3)c3ccccc3n2)c1. The lowest BCUT2D eigenvalue weighted by Gasteiger charge is -2.12. The first-order valence-corrected chi connectivity index (χ1v) is 9.18. The third-order valence-electron chi connectivity index (χ3n) is 4.25. The molecule has 0 bridgehead atoms. The molecule has 0 aliphatic rings. The maximum Gasteiger partial charge on any atom is 0.225 e. The second-order valence-electron chi connectivity index (χ2n) is 6.24. The largest absolute Gasteiger partial charge is 0.365 e. The molecule has 0 unspecified atom stereocenters. The van der Waals surface area contributed by atoms with E-state index in [2.05, 4.69) is 32.7 Å². The van der Waals surface area contributed by atoms with E-state index in [1.54, 1.807) is 0 Å². The zero-order valence-electron chi connectivity index (χ0n) is 14.7. The monoisotopic (exact) mass is 374 g/mol. The Morgan fingerprint density at radius 1 is 0.704 bits per heavy atom. The van der Waals surface area contributed by atoms with E-state index in [9.17, 15) is 0 Å². The molecule has 4 rings (SSSR count). The summed E-state index contributed by atoms with van der Waals surface area (Å²) in [5.74, 6) is 1.40. The minimum atomic E-state index is 0.587. The fourth-order valence-corrected chi connectivity index (χ4v) is 3.11. The Labute approximate surface area is 163 Å². The maximum atomic E-state index is 6.06. The molecule has 0 amide bonds. The predicted molar refractivity (Wildman–Crippen MR) is 112 cm³/mol. The van der Waals surface area contributed by atoms with Crippen LogP contribution in [0, 0.1) is 0 Å². The molecule has 3 aromatic carbocycles. The zero-order chi connectivity index (χ0) is 18.5. The summed E-state index contributed by atoms with van der Waals surface area (Å²) in [5, 5.41) is 8.46. The van der Waals surface area contributed by atoms with E-state index in [-0.39, 0.29) is 0 Å². The van der Waals surface area contributed by atoms with Crippen LogP contribution in [0.15, 0.2) is 78.9 Å². The fraction of sp³-hybridized carbons (Fsp3) is 0.0909. The van der Waals surface area contributed by atoms with E-state index in [1.807, 2.05) is 66.7 Å². The van der Waals surface area contributed by atoms with Crippen LogP contribution in [0.3, 0.4) is 0 Å². The topological polar surface area (TPSA) is 49.8 Å². The average molecular weight is 375 g/mol. The summed E-state index contributed by atoms with van der Waals surface area (Å²) in [6.45, 7) is 1.31. The molecule has 4 nitrogen and oxygen atoms in total. The Morgan fingerprint density at radius 3 is 2.30 bits per heavy atom. The van der Waals surface area contributed by atoms with Crippen LogP contribution in [0.4, 0.5) is 11.8 Å². The molecule has 0 saturated carbocycles. The Balaban J connectivity index is 1.58. The fourth-order valence-electron chi connectivity index (χ4n) is 2.90. The van der Waals surface area contributed by atoms with Crippen molar-refractivity contribution >= 4 is 34.3 Å². The van der Waals surface area contributed by atoms with Gasteiger partial charge in [0.1, 0.15) is 5.82 Å². The van der Waals surface area contributed by atoms with Gasteiger partial charge >= 0.3 is 0 Å². The minimum Gasteiger partial charge on any atom is -0.365 e. The van der Waals surface area contributed by atoms with Gasteiger partial charge in [0.15, 0.2) is 0 Å². The second kappa shape index (κ2) is 8.06. The minimum absolute atomic E-state index is 0.587. The lowest BCUT2D eigenvalue weighted by Crippen LogP contribution is -2.08. The van der Waals surface area contributed by atoms with Crippen molar-refractivity contribution in [1.29, 1.82) is 0 Å². The van der Waals surface area contributed by atoms with Crippen molar-refractivity contribution < 1.29 is 0 Å². The highest BCUT2D eigenvalue weighted by atomic mass is 35.5. The van der Waals surface area contributed by atoms with Crippen LogP contribution in [0.2, 0.25) is 5.02 Å². The van der Waals surface area contributed by atoms with Gasteiger partial charge in [-0.15, -0.1) is 0 Å². The third kappa shape index (κ3) is 4.36. The number of anilines is 2. The summed E-state index contributed by atoms with van der Waals surface area (Å²) in [6, 6.07) is 26.0.